The van der Waals surface area contributed by atoms with E-state index in [0.29, 0.717) is 18.7 Å². The highest BCUT2D eigenvalue weighted by atomic mass is 79.9. The van der Waals surface area contributed by atoms with Crippen molar-refractivity contribution in [2.24, 2.45) is 0 Å². The van der Waals surface area contributed by atoms with Gasteiger partial charge in [-0.3, -0.25) is 19.3 Å². The van der Waals surface area contributed by atoms with E-state index in [1.165, 1.54) is 32.7 Å². The molecule has 2 saturated heterocycles. The molecule has 1 aromatic carbocycles. The summed E-state index contributed by atoms with van der Waals surface area (Å²) in [6.07, 6.45) is 5.00. The fraction of sp³-hybridized carbons (Fsp3) is 0.500. The Labute approximate surface area is 222 Å². The molecule has 0 unspecified atom stereocenters. The summed E-state index contributed by atoms with van der Waals surface area (Å²) in [7, 11) is 4.20. The number of halogens is 1. The van der Waals surface area contributed by atoms with Crippen LogP contribution in [0.25, 0.3) is 10.9 Å². The van der Waals surface area contributed by atoms with Crippen LogP contribution in [-0.4, -0.2) is 110 Å². The van der Waals surface area contributed by atoms with Crippen LogP contribution < -0.4 is 10.6 Å². The number of likely N-dealkylation sites (tertiary alicyclic amines) is 1. The minimum atomic E-state index is -0.132. The monoisotopic (exact) mass is 562 g/mol. The average Bonchev–Trinajstić information content (AvgIpc) is 3.18. The standard InChI is InChI=1S/C15H14BrN3O3.C8H19N3.C3H6/c16-11-1-2-14-13(3-11)10(8-20)4-19(14)7-15(22)17-12-5-18(6-12)9-21;1-9-3-4-11-7-5-10(2)6-8-11;1-3-2/h1-4,8-9,12H,5-7H2,(H,17,22);9H,3-8H2,1-2H3;3H,1H2,2H3. The van der Waals surface area contributed by atoms with Crippen LogP contribution in [0.15, 0.2) is 41.5 Å². The van der Waals surface area contributed by atoms with Gasteiger partial charge in [0.1, 0.15) is 6.54 Å². The highest BCUT2D eigenvalue weighted by molar-refractivity contribution is 9.10. The molecule has 2 aromatic rings. The lowest BCUT2D eigenvalue weighted by Crippen LogP contribution is -2.58. The van der Waals surface area contributed by atoms with Crippen molar-refractivity contribution in [1.82, 2.24) is 29.9 Å². The summed E-state index contributed by atoms with van der Waals surface area (Å²) in [6.45, 7) is 13.7. The van der Waals surface area contributed by atoms with Crippen LogP contribution in [0.2, 0.25) is 0 Å². The number of amides is 2. The zero-order valence-corrected chi connectivity index (χ0v) is 23.2. The molecule has 0 spiro atoms. The van der Waals surface area contributed by atoms with Crippen molar-refractivity contribution in [2.75, 3.05) is 66.5 Å². The largest absolute Gasteiger partial charge is 0.348 e. The second kappa shape index (κ2) is 15.6. The van der Waals surface area contributed by atoms with E-state index in [1.807, 2.05) is 32.2 Å². The van der Waals surface area contributed by atoms with E-state index in [2.05, 4.69) is 50.0 Å². The lowest BCUT2D eigenvalue weighted by molar-refractivity contribution is -0.128. The summed E-state index contributed by atoms with van der Waals surface area (Å²) in [5.41, 5.74) is 1.39. The fourth-order valence-electron chi connectivity index (χ4n) is 3.98. The van der Waals surface area contributed by atoms with Gasteiger partial charge in [-0.2, -0.15) is 0 Å². The Balaban J connectivity index is 0.000000273. The molecule has 0 saturated carbocycles. The first-order valence-corrected chi connectivity index (χ1v) is 13.0. The lowest BCUT2D eigenvalue weighted by atomic mass is 10.1. The Morgan fingerprint density at radius 2 is 1.86 bits per heavy atom. The van der Waals surface area contributed by atoms with Gasteiger partial charge in [0.2, 0.25) is 12.3 Å². The molecule has 0 bridgehead atoms. The summed E-state index contributed by atoms with van der Waals surface area (Å²) in [5.74, 6) is -0.132. The molecular weight excluding hydrogens is 524 g/mol. The predicted octanol–water partition coefficient (Wildman–Crippen LogP) is 1.82. The molecule has 2 N–H and O–H groups in total. The number of allylic oxidation sites excluding steroid dienone is 1. The predicted molar refractivity (Wildman–Crippen MR) is 148 cm³/mol. The lowest BCUT2D eigenvalue weighted by Gasteiger charge is -2.36. The SMILES string of the molecule is C=CC.CNCCN1CCN(C)CC1.O=Cc1cn(CC(=O)NC2CN(C=O)C2)c2ccc(Br)cc12. The van der Waals surface area contributed by atoms with E-state index >= 15 is 0 Å². The van der Waals surface area contributed by atoms with Gasteiger partial charge in [0.05, 0.1) is 6.04 Å². The molecule has 2 fully saturated rings. The van der Waals surface area contributed by atoms with Crippen molar-refractivity contribution in [1.29, 1.82) is 0 Å². The number of nitrogens with zero attached hydrogens (tertiary/aromatic N) is 4. The molecule has 2 aliphatic heterocycles. The first-order valence-electron chi connectivity index (χ1n) is 12.2. The third-order valence-corrected chi connectivity index (χ3v) is 6.51. The van der Waals surface area contributed by atoms with E-state index in [4.69, 9.17) is 0 Å². The Hall–Kier alpha value is -2.53. The molecule has 0 aliphatic carbocycles. The Bertz CT molecular complexity index is 994. The fourth-order valence-corrected chi connectivity index (χ4v) is 4.34. The third kappa shape index (κ3) is 9.16. The summed E-state index contributed by atoms with van der Waals surface area (Å²) in [5, 5.41) is 6.86. The summed E-state index contributed by atoms with van der Waals surface area (Å²) < 4.78 is 2.64. The van der Waals surface area contributed by atoms with Crippen molar-refractivity contribution < 1.29 is 14.4 Å². The Kier molecular flexibility index (Phi) is 12.8. The number of rotatable bonds is 8. The smallest absolute Gasteiger partial charge is 0.240 e. The molecule has 198 valence electrons. The molecule has 4 rings (SSSR count). The van der Waals surface area contributed by atoms with Crippen LogP contribution in [0.4, 0.5) is 0 Å². The van der Waals surface area contributed by atoms with Gasteiger partial charge in [-0.15, -0.1) is 6.58 Å². The molecule has 1 aromatic heterocycles. The van der Waals surface area contributed by atoms with Gasteiger partial charge >= 0.3 is 0 Å². The molecule has 0 atom stereocenters. The number of likely N-dealkylation sites (N-methyl/N-ethyl adjacent to an activating group) is 2. The van der Waals surface area contributed by atoms with E-state index < -0.39 is 0 Å². The van der Waals surface area contributed by atoms with E-state index in [1.54, 1.807) is 21.7 Å². The van der Waals surface area contributed by atoms with Gasteiger partial charge in [0.15, 0.2) is 6.29 Å². The number of aromatic nitrogens is 1. The maximum atomic E-state index is 12.1. The molecule has 10 heteroatoms. The highest BCUT2D eigenvalue weighted by Gasteiger charge is 2.26. The molecule has 9 nitrogen and oxygen atoms in total. The number of carbonyl (C=O) groups is 3. The van der Waals surface area contributed by atoms with Gasteiger partial charge in [0, 0.05) is 79.5 Å². The molecular formula is C26H39BrN6O3. The molecule has 2 amide bonds. The Morgan fingerprint density at radius 1 is 1.19 bits per heavy atom. The molecule has 3 heterocycles. The molecule has 36 heavy (non-hydrogen) atoms. The quantitative estimate of drug-likeness (QED) is 0.377. The van der Waals surface area contributed by atoms with Crippen LogP contribution in [0, 0.1) is 0 Å². The van der Waals surface area contributed by atoms with Crippen LogP contribution in [0.3, 0.4) is 0 Å². The van der Waals surface area contributed by atoms with Gasteiger partial charge in [-0.25, -0.2) is 0 Å². The minimum absolute atomic E-state index is 0.0132. The zero-order valence-electron chi connectivity index (χ0n) is 21.6. The second-order valence-corrected chi connectivity index (χ2v) is 9.89. The van der Waals surface area contributed by atoms with Crippen LogP contribution >= 0.6 is 15.9 Å². The number of nitrogens with one attached hydrogen (secondary N) is 2. The second-order valence-electron chi connectivity index (χ2n) is 8.97. The Morgan fingerprint density at radius 3 is 2.44 bits per heavy atom. The topological polar surface area (TPSA) is 89.9 Å². The number of hydrogen-bond acceptors (Lipinski definition) is 6. The zero-order chi connectivity index (χ0) is 26.5. The molecule has 0 radical (unpaired) electrons. The number of benzene rings is 1. The van der Waals surface area contributed by atoms with Crippen LogP contribution in [-0.2, 0) is 16.1 Å². The normalized spacial score (nSPS) is 16.2. The highest BCUT2D eigenvalue weighted by Crippen LogP contribution is 2.24. The van der Waals surface area contributed by atoms with Gasteiger partial charge < -0.3 is 25.0 Å². The van der Waals surface area contributed by atoms with Crippen molar-refractivity contribution in [3.63, 3.8) is 0 Å². The van der Waals surface area contributed by atoms with E-state index in [-0.39, 0.29) is 18.5 Å². The number of hydrogen-bond donors (Lipinski definition) is 2. The number of carbonyl (C=O) groups excluding carboxylic acids is 3. The average molecular weight is 564 g/mol. The van der Waals surface area contributed by atoms with Crippen molar-refractivity contribution in [3.8, 4) is 0 Å². The van der Waals surface area contributed by atoms with Crippen LogP contribution in [0.5, 0.6) is 0 Å². The summed E-state index contributed by atoms with van der Waals surface area (Å²) in [6, 6.07) is 5.62. The van der Waals surface area contributed by atoms with Crippen molar-refractivity contribution in [3.05, 3.63) is 47.1 Å². The first-order chi connectivity index (χ1) is 17.3. The number of aldehydes is 1. The summed E-state index contributed by atoms with van der Waals surface area (Å²) >= 11 is 3.38. The molecule has 2 aliphatic rings. The van der Waals surface area contributed by atoms with Gasteiger partial charge in [-0.1, -0.05) is 22.0 Å². The van der Waals surface area contributed by atoms with Crippen LogP contribution in [0.1, 0.15) is 17.3 Å². The number of piperazine rings is 1. The van der Waals surface area contributed by atoms with E-state index in [0.717, 1.165) is 34.6 Å². The number of fused-ring (bicyclic) bond motifs is 1. The van der Waals surface area contributed by atoms with Crippen molar-refractivity contribution in [2.45, 2.75) is 19.5 Å². The van der Waals surface area contributed by atoms with Crippen molar-refractivity contribution >= 4 is 45.4 Å². The first kappa shape index (κ1) is 29.7. The van der Waals surface area contributed by atoms with Gasteiger partial charge in [-0.05, 0) is 39.2 Å². The minimum Gasteiger partial charge on any atom is -0.348 e. The van der Waals surface area contributed by atoms with Gasteiger partial charge in [0.25, 0.3) is 0 Å². The third-order valence-electron chi connectivity index (χ3n) is 6.01. The maximum absolute atomic E-state index is 12.1. The maximum Gasteiger partial charge on any atom is 0.240 e. The van der Waals surface area contributed by atoms with E-state index in [9.17, 15) is 14.4 Å². The summed E-state index contributed by atoms with van der Waals surface area (Å²) in [4.78, 5) is 40.2.